The van der Waals surface area contributed by atoms with Crippen LogP contribution in [0.25, 0.3) is 0 Å². The molecule has 0 radical (unpaired) electrons. The summed E-state index contributed by atoms with van der Waals surface area (Å²) >= 11 is 0. The molecule has 2 aliphatic rings. The first kappa shape index (κ1) is 14.7. The molecular weight excluding hydrogens is 264 g/mol. The van der Waals surface area contributed by atoms with Crippen molar-refractivity contribution in [3.63, 3.8) is 0 Å². The lowest BCUT2D eigenvalue weighted by molar-refractivity contribution is -0.141. The van der Waals surface area contributed by atoms with Gasteiger partial charge in [0.2, 0.25) is 0 Å². The van der Waals surface area contributed by atoms with Gasteiger partial charge in [-0.15, -0.1) is 4.91 Å². The van der Waals surface area contributed by atoms with Crippen molar-refractivity contribution in [3.8, 4) is 0 Å². The third kappa shape index (κ3) is 3.07. The van der Waals surface area contributed by atoms with Crippen molar-refractivity contribution in [1.82, 2.24) is 5.32 Å². The van der Waals surface area contributed by atoms with E-state index in [0.29, 0.717) is 19.4 Å². The number of hydrogen-bond acceptors (Lipinski definition) is 8. The molecule has 3 N–H and O–H groups in total. The number of ether oxygens (including phenoxy) is 1. The van der Waals surface area contributed by atoms with Crippen LogP contribution in [0, 0.1) is 21.6 Å². The van der Waals surface area contributed by atoms with Crippen LogP contribution >= 0.6 is 0 Å². The molecule has 1 heterocycles. The fraction of sp³-hybridized carbons (Fsp3) is 0.750. The van der Waals surface area contributed by atoms with E-state index < -0.39 is 0 Å². The van der Waals surface area contributed by atoms with Crippen molar-refractivity contribution in [2.45, 2.75) is 31.0 Å². The molecule has 0 spiro atoms. The summed E-state index contributed by atoms with van der Waals surface area (Å²) in [5.41, 5.74) is 5.57. The summed E-state index contributed by atoms with van der Waals surface area (Å²) in [6.45, 7) is 0.279. The fourth-order valence-electron chi connectivity index (χ4n) is 2.95. The Balaban J connectivity index is 2.02. The van der Waals surface area contributed by atoms with Gasteiger partial charge < -0.3 is 10.5 Å². The van der Waals surface area contributed by atoms with Gasteiger partial charge in [-0.05, 0) is 0 Å². The van der Waals surface area contributed by atoms with Crippen molar-refractivity contribution in [2.24, 2.45) is 27.9 Å². The highest BCUT2D eigenvalue weighted by Gasteiger charge is 2.49. The SMILES string of the molecule is NCC(/C=C/[C@@H]1[C@H]2CC(=O)O[C@H]2C[C@H]1N=O)NCN=O. The molecule has 0 aromatic heterocycles. The van der Waals surface area contributed by atoms with Crippen molar-refractivity contribution < 1.29 is 9.53 Å². The first-order valence-electron chi connectivity index (χ1n) is 6.62. The largest absolute Gasteiger partial charge is 0.462 e. The van der Waals surface area contributed by atoms with Gasteiger partial charge >= 0.3 is 5.97 Å². The molecule has 20 heavy (non-hydrogen) atoms. The van der Waals surface area contributed by atoms with E-state index in [1.807, 2.05) is 6.08 Å². The third-order valence-corrected chi connectivity index (χ3v) is 3.95. The van der Waals surface area contributed by atoms with E-state index in [0.717, 1.165) is 0 Å². The second kappa shape index (κ2) is 6.67. The summed E-state index contributed by atoms with van der Waals surface area (Å²) in [5.74, 6) is -0.338. The highest BCUT2D eigenvalue weighted by molar-refractivity contribution is 5.72. The van der Waals surface area contributed by atoms with E-state index in [2.05, 4.69) is 15.7 Å². The minimum absolute atomic E-state index is 0.00377. The first-order chi connectivity index (χ1) is 9.69. The molecule has 0 aromatic rings. The van der Waals surface area contributed by atoms with Crippen LogP contribution in [0.2, 0.25) is 0 Å². The zero-order valence-electron chi connectivity index (χ0n) is 11.0. The van der Waals surface area contributed by atoms with Crippen LogP contribution in [0.4, 0.5) is 0 Å². The average molecular weight is 282 g/mol. The van der Waals surface area contributed by atoms with E-state index in [1.165, 1.54) is 0 Å². The van der Waals surface area contributed by atoms with Crippen LogP contribution in [0.15, 0.2) is 22.5 Å². The topological polar surface area (TPSA) is 123 Å². The Morgan fingerprint density at radius 2 is 2.30 bits per heavy atom. The first-order valence-corrected chi connectivity index (χ1v) is 6.62. The number of nitroso groups, excluding NO2 is 2. The second-order valence-electron chi connectivity index (χ2n) is 5.10. The Morgan fingerprint density at radius 1 is 1.50 bits per heavy atom. The maximum absolute atomic E-state index is 11.3. The fourth-order valence-corrected chi connectivity index (χ4v) is 2.95. The van der Waals surface area contributed by atoms with Gasteiger partial charge in [0.15, 0.2) is 0 Å². The van der Waals surface area contributed by atoms with Gasteiger partial charge in [-0.1, -0.05) is 22.5 Å². The number of nitrogens with two attached hydrogens (primary N) is 1. The number of fused-ring (bicyclic) bond motifs is 1. The number of esters is 1. The molecule has 0 aromatic carbocycles. The Labute approximate surface area is 116 Å². The Hall–Kier alpha value is -1.67. The highest BCUT2D eigenvalue weighted by Crippen LogP contribution is 2.43. The van der Waals surface area contributed by atoms with E-state index >= 15 is 0 Å². The molecule has 0 bridgehead atoms. The van der Waals surface area contributed by atoms with Gasteiger partial charge in [-0.25, -0.2) is 0 Å². The van der Waals surface area contributed by atoms with Crippen LogP contribution in [0.1, 0.15) is 12.8 Å². The quantitative estimate of drug-likeness (QED) is 0.392. The van der Waals surface area contributed by atoms with E-state index in [9.17, 15) is 14.6 Å². The smallest absolute Gasteiger partial charge is 0.306 e. The van der Waals surface area contributed by atoms with Crippen LogP contribution in [0.5, 0.6) is 0 Å². The molecule has 8 nitrogen and oxygen atoms in total. The van der Waals surface area contributed by atoms with Crippen LogP contribution in [-0.4, -0.2) is 37.4 Å². The molecule has 0 amide bonds. The van der Waals surface area contributed by atoms with Gasteiger partial charge in [-0.3, -0.25) is 10.1 Å². The molecule has 5 atom stereocenters. The number of carbonyl (C=O) groups excluding carboxylic acids is 1. The number of hydrogen-bond donors (Lipinski definition) is 2. The van der Waals surface area contributed by atoms with Crippen molar-refractivity contribution in [2.75, 3.05) is 13.2 Å². The molecule has 2 fully saturated rings. The van der Waals surface area contributed by atoms with E-state index in [4.69, 9.17) is 10.5 Å². The molecular formula is C12H18N4O4. The lowest BCUT2D eigenvalue weighted by atomic mass is 9.90. The normalized spacial score (nSPS) is 34.0. The summed E-state index contributed by atoms with van der Waals surface area (Å²) in [4.78, 5) is 32.3. The Morgan fingerprint density at radius 3 is 2.95 bits per heavy atom. The van der Waals surface area contributed by atoms with Crippen molar-refractivity contribution in [1.29, 1.82) is 0 Å². The Kier molecular flexibility index (Phi) is 4.91. The number of rotatable bonds is 7. The average Bonchev–Trinajstić information content (AvgIpc) is 2.95. The molecule has 110 valence electrons. The van der Waals surface area contributed by atoms with Crippen molar-refractivity contribution >= 4 is 5.97 Å². The molecule has 2 rings (SSSR count). The lowest BCUT2D eigenvalue weighted by Crippen LogP contribution is -2.34. The van der Waals surface area contributed by atoms with Gasteiger partial charge in [0.05, 0.1) is 6.42 Å². The summed E-state index contributed by atoms with van der Waals surface area (Å²) in [7, 11) is 0. The molecule has 1 aliphatic heterocycles. The zero-order chi connectivity index (χ0) is 14.5. The van der Waals surface area contributed by atoms with Crippen LogP contribution < -0.4 is 11.1 Å². The monoisotopic (exact) mass is 282 g/mol. The van der Waals surface area contributed by atoms with Gasteiger partial charge in [0.25, 0.3) is 0 Å². The summed E-state index contributed by atoms with van der Waals surface area (Å²) in [6.07, 6.45) is 4.25. The molecule has 8 heteroatoms. The van der Waals surface area contributed by atoms with Crippen molar-refractivity contribution in [3.05, 3.63) is 22.0 Å². The second-order valence-corrected chi connectivity index (χ2v) is 5.10. The number of nitrogens with zero attached hydrogens (tertiary/aromatic N) is 2. The predicted octanol–water partition coefficient (Wildman–Crippen LogP) is 0.270. The maximum atomic E-state index is 11.3. The Bertz CT molecular complexity index is 414. The van der Waals surface area contributed by atoms with E-state index in [1.54, 1.807) is 6.08 Å². The minimum atomic E-state index is -0.378. The zero-order valence-corrected chi connectivity index (χ0v) is 11.0. The summed E-state index contributed by atoms with van der Waals surface area (Å²) in [6, 6.07) is -0.575. The highest BCUT2D eigenvalue weighted by atomic mass is 16.6. The lowest BCUT2D eigenvalue weighted by Gasteiger charge is -2.16. The molecule has 1 saturated heterocycles. The van der Waals surface area contributed by atoms with Gasteiger partial charge in [0, 0.05) is 30.8 Å². The number of nitrogens with one attached hydrogen (secondary N) is 1. The third-order valence-electron chi connectivity index (χ3n) is 3.95. The van der Waals surface area contributed by atoms with Crippen LogP contribution in [-0.2, 0) is 9.53 Å². The van der Waals surface area contributed by atoms with Gasteiger partial charge in [-0.2, -0.15) is 4.91 Å². The van der Waals surface area contributed by atoms with E-state index in [-0.39, 0.29) is 42.7 Å². The summed E-state index contributed by atoms with van der Waals surface area (Å²) < 4.78 is 5.18. The minimum Gasteiger partial charge on any atom is -0.462 e. The van der Waals surface area contributed by atoms with Crippen LogP contribution in [0.3, 0.4) is 0 Å². The van der Waals surface area contributed by atoms with Gasteiger partial charge in [0.1, 0.15) is 18.8 Å². The number of carbonyl (C=O) groups is 1. The predicted molar refractivity (Wildman–Crippen MR) is 71.5 cm³/mol. The molecule has 1 aliphatic carbocycles. The molecule has 1 unspecified atom stereocenters. The standard InChI is InChI=1S/C12H18N4O4/c13-5-7(14-6-15-18)1-2-8-9-3-12(17)20-11(9)4-10(8)16-19/h1-2,7-11,14H,3-6,13H2/b2-1+/t7?,8-,9-,10-,11+/m1/s1. The summed E-state index contributed by atoms with van der Waals surface area (Å²) in [5, 5.41) is 8.69. The maximum Gasteiger partial charge on any atom is 0.306 e. The molecule has 1 saturated carbocycles.